The van der Waals surface area contributed by atoms with Gasteiger partial charge in [-0.25, -0.2) is 0 Å². The molecule has 0 saturated heterocycles. The number of rotatable bonds is 4. The maximum absolute atomic E-state index is 5.10. The van der Waals surface area contributed by atoms with Gasteiger partial charge in [0.1, 0.15) is 0 Å². The third-order valence-electron chi connectivity index (χ3n) is 2.95. The molecule has 0 radical (unpaired) electrons. The zero-order valence-corrected chi connectivity index (χ0v) is 10.5. The van der Waals surface area contributed by atoms with E-state index in [2.05, 4.69) is 39.9 Å². The fraction of sp³-hybridized carbons (Fsp3) is 0.692. The molecule has 1 N–H and O–H groups in total. The van der Waals surface area contributed by atoms with Gasteiger partial charge in [0, 0.05) is 17.6 Å². The Bertz CT molecular complexity index is 271. The summed E-state index contributed by atoms with van der Waals surface area (Å²) in [7, 11) is 0. The van der Waals surface area contributed by atoms with Crippen LogP contribution in [0.5, 0.6) is 0 Å². The summed E-state index contributed by atoms with van der Waals surface area (Å²) in [5.41, 5.74) is 1.52. The minimum atomic E-state index is 0.298. The van der Waals surface area contributed by atoms with E-state index >= 15 is 0 Å². The summed E-state index contributed by atoms with van der Waals surface area (Å²) >= 11 is 0. The quantitative estimate of drug-likeness (QED) is 0.817. The smallest absolute Gasteiger partial charge is 0.0950 e. The van der Waals surface area contributed by atoms with Crippen molar-refractivity contribution in [2.75, 3.05) is 0 Å². The van der Waals surface area contributed by atoms with E-state index in [0.29, 0.717) is 17.5 Å². The summed E-state index contributed by atoms with van der Waals surface area (Å²) in [6.07, 6.45) is 4.68. The average Bonchev–Trinajstić information content (AvgIpc) is 2.64. The SMILES string of the molecule is CCC(NC(C)c1ccoc1)C(C)(C)C. The lowest BCUT2D eigenvalue weighted by Gasteiger charge is -2.33. The van der Waals surface area contributed by atoms with Crippen molar-refractivity contribution in [1.29, 1.82) is 0 Å². The number of hydrogen-bond acceptors (Lipinski definition) is 2. The van der Waals surface area contributed by atoms with Gasteiger partial charge in [-0.3, -0.25) is 0 Å². The van der Waals surface area contributed by atoms with Crippen molar-refractivity contribution in [2.24, 2.45) is 5.41 Å². The van der Waals surface area contributed by atoms with Crippen molar-refractivity contribution in [2.45, 2.75) is 53.1 Å². The standard InChI is InChI=1S/C13H23NO/c1-6-12(13(3,4)5)14-10(2)11-7-8-15-9-11/h7-10,12,14H,6H2,1-5H3. The summed E-state index contributed by atoms with van der Waals surface area (Å²) in [6, 6.07) is 2.91. The maximum Gasteiger partial charge on any atom is 0.0950 e. The fourth-order valence-electron chi connectivity index (χ4n) is 1.90. The molecule has 0 aliphatic heterocycles. The number of nitrogens with one attached hydrogen (secondary N) is 1. The first-order chi connectivity index (χ1) is 6.95. The molecule has 15 heavy (non-hydrogen) atoms. The summed E-state index contributed by atoms with van der Waals surface area (Å²) in [5.74, 6) is 0. The molecule has 2 nitrogen and oxygen atoms in total. The molecule has 0 bridgehead atoms. The minimum Gasteiger partial charge on any atom is -0.472 e. The normalized spacial score (nSPS) is 16.3. The summed E-state index contributed by atoms with van der Waals surface area (Å²) < 4.78 is 5.10. The monoisotopic (exact) mass is 209 g/mol. The fourth-order valence-corrected chi connectivity index (χ4v) is 1.90. The van der Waals surface area contributed by atoms with Gasteiger partial charge in [0.25, 0.3) is 0 Å². The van der Waals surface area contributed by atoms with Gasteiger partial charge in [0.2, 0.25) is 0 Å². The lowest BCUT2D eigenvalue weighted by Crippen LogP contribution is -2.40. The molecule has 2 unspecified atom stereocenters. The molecule has 0 saturated carbocycles. The zero-order chi connectivity index (χ0) is 11.5. The molecule has 2 heteroatoms. The van der Waals surface area contributed by atoms with Crippen LogP contribution >= 0.6 is 0 Å². The van der Waals surface area contributed by atoms with Crippen molar-refractivity contribution in [1.82, 2.24) is 5.32 Å². The third kappa shape index (κ3) is 3.38. The van der Waals surface area contributed by atoms with E-state index in [1.54, 1.807) is 6.26 Å². The van der Waals surface area contributed by atoms with Crippen LogP contribution in [0.25, 0.3) is 0 Å². The molecule has 1 heterocycles. The van der Waals surface area contributed by atoms with Crippen LogP contribution in [0.15, 0.2) is 23.0 Å². The van der Waals surface area contributed by atoms with Crippen molar-refractivity contribution >= 4 is 0 Å². The van der Waals surface area contributed by atoms with Crippen LogP contribution in [0.3, 0.4) is 0 Å². The van der Waals surface area contributed by atoms with E-state index in [-0.39, 0.29) is 0 Å². The predicted octanol–water partition coefficient (Wildman–Crippen LogP) is 3.75. The molecule has 1 rings (SSSR count). The van der Waals surface area contributed by atoms with Crippen molar-refractivity contribution in [3.8, 4) is 0 Å². The second kappa shape index (κ2) is 4.84. The van der Waals surface area contributed by atoms with Gasteiger partial charge in [0.05, 0.1) is 12.5 Å². The largest absolute Gasteiger partial charge is 0.472 e. The molecule has 0 amide bonds. The van der Waals surface area contributed by atoms with Gasteiger partial charge in [-0.2, -0.15) is 0 Å². The highest BCUT2D eigenvalue weighted by molar-refractivity contribution is 5.10. The average molecular weight is 209 g/mol. The van der Waals surface area contributed by atoms with Crippen LogP contribution in [0.1, 0.15) is 52.6 Å². The van der Waals surface area contributed by atoms with Crippen molar-refractivity contribution < 1.29 is 4.42 Å². The first-order valence-electron chi connectivity index (χ1n) is 5.73. The van der Waals surface area contributed by atoms with E-state index in [0.717, 1.165) is 6.42 Å². The third-order valence-corrected chi connectivity index (χ3v) is 2.95. The lowest BCUT2D eigenvalue weighted by atomic mass is 9.84. The predicted molar refractivity (Wildman–Crippen MR) is 63.8 cm³/mol. The molecular weight excluding hydrogens is 186 g/mol. The van der Waals surface area contributed by atoms with Gasteiger partial charge in [-0.1, -0.05) is 27.7 Å². The first-order valence-corrected chi connectivity index (χ1v) is 5.73. The van der Waals surface area contributed by atoms with Crippen molar-refractivity contribution in [3.63, 3.8) is 0 Å². The van der Waals surface area contributed by atoms with Crippen LogP contribution in [-0.2, 0) is 0 Å². The molecule has 1 aromatic rings. The van der Waals surface area contributed by atoms with Crippen LogP contribution in [0, 0.1) is 5.41 Å². The molecule has 2 atom stereocenters. The Labute approximate surface area is 93.1 Å². The Hall–Kier alpha value is -0.760. The summed E-state index contributed by atoms with van der Waals surface area (Å²) in [4.78, 5) is 0. The van der Waals surface area contributed by atoms with Gasteiger partial charge < -0.3 is 9.73 Å². The molecule has 0 aliphatic rings. The second-order valence-corrected chi connectivity index (χ2v) is 5.27. The van der Waals surface area contributed by atoms with E-state index in [4.69, 9.17) is 4.42 Å². The van der Waals surface area contributed by atoms with E-state index in [1.807, 2.05) is 12.3 Å². The highest BCUT2D eigenvalue weighted by Crippen LogP contribution is 2.24. The Balaban J connectivity index is 2.60. The van der Waals surface area contributed by atoms with Crippen LogP contribution in [0.2, 0.25) is 0 Å². The van der Waals surface area contributed by atoms with Crippen LogP contribution < -0.4 is 5.32 Å². The minimum absolute atomic E-state index is 0.298. The highest BCUT2D eigenvalue weighted by atomic mass is 16.3. The van der Waals surface area contributed by atoms with E-state index in [1.165, 1.54) is 5.56 Å². The highest BCUT2D eigenvalue weighted by Gasteiger charge is 2.24. The Kier molecular flexibility index (Phi) is 3.97. The Morgan fingerprint density at radius 2 is 2.07 bits per heavy atom. The van der Waals surface area contributed by atoms with Crippen LogP contribution in [-0.4, -0.2) is 6.04 Å². The van der Waals surface area contributed by atoms with Gasteiger partial charge in [-0.05, 0) is 24.8 Å². The molecular formula is C13H23NO. The van der Waals surface area contributed by atoms with Crippen molar-refractivity contribution in [3.05, 3.63) is 24.2 Å². The lowest BCUT2D eigenvalue weighted by molar-refractivity contribution is 0.243. The topological polar surface area (TPSA) is 25.2 Å². The van der Waals surface area contributed by atoms with Crippen LogP contribution in [0.4, 0.5) is 0 Å². The van der Waals surface area contributed by atoms with E-state index in [9.17, 15) is 0 Å². The molecule has 86 valence electrons. The summed E-state index contributed by atoms with van der Waals surface area (Å²) in [5, 5.41) is 3.65. The molecule has 0 aromatic carbocycles. The second-order valence-electron chi connectivity index (χ2n) is 5.27. The Morgan fingerprint density at radius 3 is 2.47 bits per heavy atom. The first kappa shape index (κ1) is 12.3. The summed E-state index contributed by atoms with van der Waals surface area (Å²) in [6.45, 7) is 11.2. The Morgan fingerprint density at radius 1 is 1.40 bits per heavy atom. The zero-order valence-electron chi connectivity index (χ0n) is 10.5. The van der Waals surface area contributed by atoms with E-state index < -0.39 is 0 Å². The van der Waals surface area contributed by atoms with Gasteiger partial charge >= 0.3 is 0 Å². The van der Waals surface area contributed by atoms with Gasteiger partial charge in [-0.15, -0.1) is 0 Å². The molecule has 0 spiro atoms. The molecule has 1 aromatic heterocycles. The number of furan rings is 1. The maximum atomic E-state index is 5.10. The molecule has 0 fully saturated rings. The number of hydrogen-bond donors (Lipinski definition) is 1. The van der Waals surface area contributed by atoms with Gasteiger partial charge in [0.15, 0.2) is 0 Å². The molecule has 0 aliphatic carbocycles.